The van der Waals surface area contributed by atoms with Gasteiger partial charge in [-0.3, -0.25) is 4.79 Å². The van der Waals surface area contributed by atoms with Crippen LogP contribution in [0.4, 0.5) is 5.69 Å². The van der Waals surface area contributed by atoms with E-state index < -0.39 is 0 Å². The zero-order valence-electron chi connectivity index (χ0n) is 17.7. The van der Waals surface area contributed by atoms with E-state index in [0.29, 0.717) is 40.8 Å². The lowest BCUT2D eigenvalue weighted by atomic mass is 9.97. The van der Waals surface area contributed by atoms with Gasteiger partial charge in [-0.25, -0.2) is 0 Å². The zero-order valence-corrected chi connectivity index (χ0v) is 17.7. The van der Waals surface area contributed by atoms with Crippen molar-refractivity contribution in [1.29, 1.82) is 0 Å². The maximum atomic E-state index is 13.3. The Morgan fingerprint density at radius 1 is 0.967 bits per heavy atom. The van der Waals surface area contributed by atoms with Crippen LogP contribution in [0.2, 0.25) is 0 Å². The van der Waals surface area contributed by atoms with E-state index in [0.717, 1.165) is 5.56 Å². The molecule has 0 saturated carbocycles. The number of phenols is 1. The average Bonchev–Trinajstić information content (AvgIpc) is 2.77. The van der Waals surface area contributed by atoms with Crippen molar-refractivity contribution < 1.29 is 19.4 Å². The summed E-state index contributed by atoms with van der Waals surface area (Å²) >= 11 is 0. The molecule has 156 valence electrons. The molecule has 0 saturated heterocycles. The Balaban J connectivity index is 1.98. The number of nitrogens with one attached hydrogen (secondary N) is 1. The molecule has 30 heavy (non-hydrogen) atoms. The minimum absolute atomic E-state index is 0.119. The van der Waals surface area contributed by atoms with Gasteiger partial charge in [-0.2, -0.15) is 0 Å². The van der Waals surface area contributed by atoms with Gasteiger partial charge in [0, 0.05) is 35.0 Å². The van der Waals surface area contributed by atoms with Crippen LogP contribution in [-0.4, -0.2) is 25.1 Å². The minimum atomic E-state index is -0.119. The summed E-state index contributed by atoms with van der Waals surface area (Å²) in [4.78, 5) is 13.3. The van der Waals surface area contributed by atoms with Crippen molar-refractivity contribution in [2.45, 2.75) is 26.3 Å². The molecule has 0 aromatic heterocycles. The molecule has 0 amide bonds. The lowest BCUT2D eigenvalue weighted by molar-refractivity contribution is 0.103. The van der Waals surface area contributed by atoms with Crippen LogP contribution in [0.3, 0.4) is 0 Å². The molecule has 0 radical (unpaired) electrons. The second-order valence-corrected chi connectivity index (χ2v) is 7.34. The highest BCUT2D eigenvalue weighted by molar-refractivity contribution is 6.12. The molecular weight excluding hydrogens is 378 g/mol. The Morgan fingerprint density at radius 3 is 2.20 bits per heavy atom. The van der Waals surface area contributed by atoms with Crippen LogP contribution in [0.5, 0.6) is 17.2 Å². The predicted molar refractivity (Wildman–Crippen MR) is 119 cm³/mol. The van der Waals surface area contributed by atoms with E-state index in [1.54, 1.807) is 38.5 Å². The molecule has 0 fully saturated rings. The zero-order chi connectivity index (χ0) is 21.7. The number of anilines is 1. The van der Waals surface area contributed by atoms with Crippen molar-refractivity contribution >= 4 is 11.5 Å². The first-order valence-corrected chi connectivity index (χ1v) is 9.86. The molecule has 0 aliphatic heterocycles. The number of benzene rings is 3. The Bertz CT molecular complexity index is 1030. The Labute approximate surface area is 177 Å². The molecule has 0 bridgehead atoms. The molecule has 0 spiro atoms. The highest BCUT2D eigenvalue weighted by Crippen LogP contribution is 2.35. The summed E-state index contributed by atoms with van der Waals surface area (Å²) < 4.78 is 10.8. The third-order valence-electron chi connectivity index (χ3n) is 5.07. The SMILES string of the molecule is COc1cc(NCc2ccccc2O)c(C(=O)c2ccc(C(C)C)cc2)cc1OC. The van der Waals surface area contributed by atoms with E-state index in [4.69, 9.17) is 9.47 Å². The standard InChI is InChI=1S/C25H27NO4/c1-16(2)17-9-11-18(12-10-17)25(28)20-13-23(29-3)24(30-4)14-21(20)26-15-19-7-5-6-8-22(19)27/h5-14,16,26-27H,15H2,1-4H3. The van der Waals surface area contributed by atoms with Crippen LogP contribution in [-0.2, 0) is 6.54 Å². The lowest BCUT2D eigenvalue weighted by Crippen LogP contribution is -2.09. The first kappa shape index (κ1) is 21.2. The molecule has 5 heteroatoms. The summed E-state index contributed by atoms with van der Waals surface area (Å²) in [7, 11) is 3.09. The number of carbonyl (C=O) groups is 1. The maximum Gasteiger partial charge on any atom is 0.195 e. The molecule has 3 aromatic carbocycles. The third kappa shape index (κ3) is 4.57. The van der Waals surface area contributed by atoms with Crippen molar-refractivity contribution in [3.8, 4) is 17.2 Å². The summed E-state index contributed by atoms with van der Waals surface area (Å²) in [5.74, 6) is 1.47. The number of methoxy groups -OCH3 is 2. The summed E-state index contributed by atoms with van der Waals surface area (Å²) in [6, 6.07) is 18.2. The fraction of sp³-hybridized carbons (Fsp3) is 0.240. The van der Waals surface area contributed by atoms with Crippen LogP contribution in [0.15, 0.2) is 60.7 Å². The van der Waals surface area contributed by atoms with Crippen LogP contribution in [0.25, 0.3) is 0 Å². The van der Waals surface area contributed by atoms with Gasteiger partial charge in [0.05, 0.1) is 14.2 Å². The normalized spacial score (nSPS) is 10.7. The number of hydrogen-bond acceptors (Lipinski definition) is 5. The van der Waals surface area contributed by atoms with Gasteiger partial charge in [0.15, 0.2) is 17.3 Å². The van der Waals surface area contributed by atoms with Gasteiger partial charge in [-0.1, -0.05) is 56.3 Å². The summed E-state index contributed by atoms with van der Waals surface area (Å²) in [6.07, 6.45) is 0. The molecular formula is C25H27NO4. The van der Waals surface area contributed by atoms with E-state index >= 15 is 0 Å². The highest BCUT2D eigenvalue weighted by atomic mass is 16.5. The second kappa shape index (κ2) is 9.35. The van der Waals surface area contributed by atoms with Gasteiger partial charge in [-0.05, 0) is 23.6 Å². The van der Waals surface area contributed by atoms with E-state index in [1.165, 1.54) is 5.56 Å². The number of ether oxygens (including phenoxy) is 2. The average molecular weight is 405 g/mol. The second-order valence-electron chi connectivity index (χ2n) is 7.34. The molecule has 2 N–H and O–H groups in total. The van der Waals surface area contributed by atoms with Crippen molar-refractivity contribution in [2.24, 2.45) is 0 Å². The van der Waals surface area contributed by atoms with E-state index in [9.17, 15) is 9.90 Å². The monoisotopic (exact) mass is 405 g/mol. The van der Waals surface area contributed by atoms with Gasteiger partial charge in [0.2, 0.25) is 0 Å². The summed E-state index contributed by atoms with van der Waals surface area (Å²) in [6.45, 7) is 4.59. The quantitative estimate of drug-likeness (QED) is 0.493. The van der Waals surface area contributed by atoms with E-state index in [2.05, 4.69) is 19.2 Å². The van der Waals surface area contributed by atoms with Crippen LogP contribution >= 0.6 is 0 Å². The topological polar surface area (TPSA) is 67.8 Å². The molecule has 3 aromatic rings. The fourth-order valence-corrected chi connectivity index (χ4v) is 3.24. The van der Waals surface area contributed by atoms with Crippen LogP contribution in [0.1, 0.15) is 46.8 Å². The predicted octanol–water partition coefficient (Wildman–Crippen LogP) is 5.38. The summed E-state index contributed by atoms with van der Waals surface area (Å²) in [5, 5.41) is 13.3. The van der Waals surface area contributed by atoms with E-state index in [-0.39, 0.29) is 11.5 Å². The molecule has 0 aliphatic carbocycles. The Hall–Kier alpha value is -3.47. The van der Waals surface area contributed by atoms with Crippen molar-refractivity contribution in [3.05, 3.63) is 82.9 Å². The van der Waals surface area contributed by atoms with Crippen molar-refractivity contribution in [1.82, 2.24) is 0 Å². The number of para-hydroxylation sites is 1. The highest BCUT2D eigenvalue weighted by Gasteiger charge is 2.19. The summed E-state index contributed by atoms with van der Waals surface area (Å²) in [5.41, 5.74) is 3.58. The number of aromatic hydroxyl groups is 1. The van der Waals surface area contributed by atoms with Gasteiger partial charge in [0.25, 0.3) is 0 Å². The maximum absolute atomic E-state index is 13.3. The first-order valence-electron chi connectivity index (χ1n) is 9.86. The molecule has 0 atom stereocenters. The number of phenolic OH excluding ortho intramolecular Hbond substituents is 1. The smallest absolute Gasteiger partial charge is 0.195 e. The van der Waals surface area contributed by atoms with Gasteiger partial charge in [-0.15, -0.1) is 0 Å². The Morgan fingerprint density at radius 2 is 1.60 bits per heavy atom. The van der Waals surface area contributed by atoms with Crippen molar-refractivity contribution in [3.63, 3.8) is 0 Å². The van der Waals surface area contributed by atoms with Crippen molar-refractivity contribution in [2.75, 3.05) is 19.5 Å². The van der Waals surface area contributed by atoms with Crippen LogP contribution in [0, 0.1) is 0 Å². The van der Waals surface area contributed by atoms with Gasteiger partial charge >= 0.3 is 0 Å². The van der Waals surface area contributed by atoms with Gasteiger partial charge < -0.3 is 19.9 Å². The fourth-order valence-electron chi connectivity index (χ4n) is 3.24. The largest absolute Gasteiger partial charge is 0.508 e. The number of hydrogen-bond donors (Lipinski definition) is 2. The minimum Gasteiger partial charge on any atom is -0.508 e. The molecule has 0 unspecified atom stereocenters. The van der Waals surface area contributed by atoms with Gasteiger partial charge in [0.1, 0.15) is 5.75 Å². The molecule has 0 heterocycles. The van der Waals surface area contributed by atoms with Crippen LogP contribution < -0.4 is 14.8 Å². The lowest BCUT2D eigenvalue weighted by Gasteiger charge is -2.16. The number of rotatable bonds is 8. The third-order valence-corrected chi connectivity index (χ3v) is 5.07. The molecule has 3 rings (SSSR count). The number of ketones is 1. The number of carbonyl (C=O) groups excluding carboxylic acids is 1. The molecule has 5 nitrogen and oxygen atoms in total. The Kier molecular flexibility index (Phi) is 6.62. The van der Waals surface area contributed by atoms with E-state index in [1.807, 2.05) is 36.4 Å². The molecule has 0 aliphatic rings. The first-order chi connectivity index (χ1) is 14.4.